The Balaban J connectivity index is 1.92. The molecule has 2 nitrogen and oxygen atoms in total. The molecule has 1 fully saturated rings. The molecule has 2 heteroatoms. The highest BCUT2D eigenvalue weighted by molar-refractivity contribution is 4.75. The van der Waals surface area contributed by atoms with Crippen molar-refractivity contribution in [2.24, 2.45) is 11.7 Å². The van der Waals surface area contributed by atoms with Crippen molar-refractivity contribution in [2.45, 2.75) is 57.6 Å². The summed E-state index contributed by atoms with van der Waals surface area (Å²) in [7, 11) is 1.76. The zero-order chi connectivity index (χ0) is 9.68. The van der Waals surface area contributed by atoms with Gasteiger partial charge in [0.25, 0.3) is 0 Å². The molecule has 0 aromatic heterocycles. The molecule has 0 heterocycles. The fraction of sp³-hybridized carbons (Fsp3) is 1.00. The lowest BCUT2D eigenvalue weighted by Gasteiger charge is -2.14. The fourth-order valence-corrected chi connectivity index (χ4v) is 1.57. The van der Waals surface area contributed by atoms with Crippen molar-refractivity contribution in [3.8, 4) is 0 Å². The van der Waals surface area contributed by atoms with Crippen LogP contribution in [0.15, 0.2) is 0 Å². The average Bonchev–Trinajstić information content (AvgIpc) is 2.94. The zero-order valence-corrected chi connectivity index (χ0v) is 8.96. The molecule has 0 aromatic rings. The molecule has 0 saturated heterocycles. The molecule has 13 heavy (non-hydrogen) atoms. The Morgan fingerprint density at radius 2 is 2.00 bits per heavy atom. The van der Waals surface area contributed by atoms with E-state index < -0.39 is 0 Å². The highest BCUT2D eigenvalue weighted by Crippen LogP contribution is 2.33. The van der Waals surface area contributed by atoms with Crippen molar-refractivity contribution in [3.63, 3.8) is 0 Å². The topological polar surface area (TPSA) is 35.2 Å². The lowest BCUT2D eigenvalue weighted by Crippen LogP contribution is -2.22. The Bertz CT molecular complexity index is 134. The molecule has 1 aliphatic carbocycles. The summed E-state index contributed by atoms with van der Waals surface area (Å²) in [6, 6.07) is 0.401. The molecular formula is C11H23NO. The quantitative estimate of drug-likeness (QED) is 0.660. The molecule has 0 spiro atoms. The molecule has 0 aromatic carbocycles. The summed E-state index contributed by atoms with van der Waals surface area (Å²) in [5, 5.41) is 0. The summed E-state index contributed by atoms with van der Waals surface area (Å²) < 4.78 is 5.18. The van der Waals surface area contributed by atoms with Crippen LogP contribution in [0.2, 0.25) is 0 Å². The minimum Gasteiger partial charge on any atom is -0.382 e. The minimum absolute atomic E-state index is 0.368. The third-order valence-corrected chi connectivity index (χ3v) is 2.99. The molecule has 1 saturated carbocycles. The molecule has 1 rings (SSSR count). The van der Waals surface area contributed by atoms with Crippen LogP contribution in [0.3, 0.4) is 0 Å². The highest BCUT2D eigenvalue weighted by atomic mass is 16.5. The van der Waals surface area contributed by atoms with Gasteiger partial charge in [-0.05, 0) is 38.5 Å². The molecule has 0 aliphatic heterocycles. The smallest absolute Gasteiger partial charge is 0.0543 e. The number of rotatable bonds is 7. The van der Waals surface area contributed by atoms with Crippen LogP contribution in [0.25, 0.3) is 0 Å². The van der Waals surface area contributed by atoms with Gasteiger partial charge in [0.1, 0.15) is 0 Å². The molecule has 2 unspecified atom stereocenters. The van der Waals surface area contributed by atoms with Crippen LogP contribution >= 0.6 is 0 Å². The van der Waals surface area contributed by atoms with Gasteiger partial charge in [-0.3, -0.25) is 0 Å². The monoisotopic (exact) mass is 185 g/mol. The van der Waals surface area contributed by atoms with E-state index in [1.54, 1.807) is 7.11 Å². The summed E-state index contributed by atoms with van der Waals surface area (Å²) in [4.78, 5) is 0. The van der Waals surface area contributed by atoms with Gasteiger partial charge in [-0.15, -0.1) is 0 Å². The third kappa shape index (κ3) is 5.27. The minimum atomic E-state index is 0.368. The molecule has 0 bridgehead atoms. The summed E-state index contributed by atoms with van der Waals surface area (Å²) in [5.41, 5.74) is 6.00. The Labute approximate surface area is 81.8 Å². The van der Waals surface area contributed by atoms with Crippen LogP contribution < -0.4 is 5.73 Å². The van der Waals surface area contributed by atoms with Crippen LogP contribution in [0, 0.1) is 5.92 Å². The molecular weight excluding hydrogens is 162 g/mol. The second-order valence-corrected chi connectivity index (χ2v) is 4.40. The van der Waals surface area contributed by atoms with Crippen molar-refractivity contribution in [1.29, 1.82) is 0 Å². The third-order valence-electron chi connectivity index (χ3n) is 2.99. The van der Waals surface area contributed by atoms with E-state index in [4.69, 9.17) is 10.5 Å². The molecule has 78 valence electrons. The lowest BCUT2D eigenvalue weighted by molar-refractivity contribution is 0.107. The van der Waals surface area contributed by atoms with Crippen molar-refractivity contribution >= 4 is 0 Å². The van der Waals surface area contributed by atoms with Gasteiger partial charge in [0.2, 0.25) is 0 Å². The zero-order valence-electron chi connectivity index (χ0n) is 8.96. The van der Waals surface area contributed by atoms with Gasteiger partial charge in [-0.1, -0.05) is 12.8 Å². The molecule has 0 amide bonds. The largest absolute Gasteiger partial charge is 0.382 e. The first-order valence-electron chi connectivity index (χ1n) is 5.50. The van der Waals surface area contributed by atoms with Crippen LogP contribution in [-0.2, 0) is 4.74 Å². The summed E-state index contributed by atoms with van der Waals surface area (Å²) in [6.07, 6.45) is 8.03. The van der Waals surface area contributed by atoms with E-state index in [1.165, 1.54) is 25.7 Å². The van der Waals surface area contributed by atoms with Crippen LogP contribution in [0.4, 0.5) is 0 Å². The second-order valence-electron chi connectivity index (χ2n) is 4.40. The number of methoxy groups -OCH3 is 1. The summed E-state index contributed by atoms with van der Waals surface area (Å²) in [6.45, 7) is 2.10. The van der Waals surface area contributed by atoms with Gasteiger partial charge in [0.05, 0.1) is 6.10 Å². The number of hydrogen-bond donors (Lipinski definition) is 1. The maximum absolute atomic E-state index is 6.00. The lowest BCUT2D eigenvalue weighted by atomic mass is 10.0. The Kier molecular flexibility index (Phi) is 4.74. The van der Waals surface area contributed by atoms with Crippen LogP contribution in [0.5, 0.6) is 0 Å². The standard InChI is InChI=1S/C11H23NO/c1-9(13-2)3-7-11(12)8-6-10-4-5-10/h9-11H,3-8,12H2,1-2H3. The van der Waals surface area contributed by atoms with Crippen molar-refractivity contribution in [1.82, 2.24) is 0 Å². The molecule has 2 N–H and O–H groups in total. The van der Waals surface area contributed by atoms with Gasteiger partial charge in [-0.2, -0.15) is 0 Å². The Morgan fingerprint density at radius 1 is 1.31 bits per heavy atom. The van der Waals surface area contributed by atoms with Gasteiger partial charge in [-0.25, -0.2) is 0 Å². The second kappa shape index (κ2) is 5.61. The Morgan fingerprint density at radius 3 is 2.54 bits per heavy atom. The summed E-state index contributed by atoms with van der Waals surface area (Å²) in [5.74, 6) is 1.02. The summed E-state index contributed by atoms with van der Waals surface area (Å²) >= 11 is 0. The first kappa shape index (κ1) is 11.0. The predicted molar refractivity (Wildman–Crippen MR) is 55.6 cm³/mol. The van der Waals surface area contributed by atoms with Gasteiger partial charge in [0.15, 0.2) is 0 Å². The van der Waals surface area contributed by atoms with E-state index in [1.807, 2.05) is 0 Å². The van der Waals surface area contributed by atoms with Crippen molar-refractivity contribution in [3.05, 3.63) is 0 Å². The van der Waals surface area contributed by atoms with Crippen molar-refractivity contribution < 1.29 is 4.74 Å². The van der Waals surface area contributed by atoms with E-state index >= 15 is 0 Å². The molecule has 1 aliphatic rings. The van der Waals surface area contributed by atoms with E-state index in [9.17, 15) is 0 Å². The van der Waals surface area contributed by atoms with E-state index in [-0.39, 0.29) is 0 Å². The van der Waals surface area contributed by atoms with Gasteiger partial charge in [0, 0.05) is 13.2 Å². The van der Waals surface area contributed by atoms with Gasteiger partial charge < -0.3 is 10.5 Å². The SMILES string of the molecule is COC(C)CCC(N)CCC1CC1. The fourth-order valence-electron chi connectivity index (χ4n) is 1.57. The number of ether oxygens (including phenoxy) is 1. The number of hydrogen-bond acceptors (Lipinski definition) is 2. The molecule has 2 atom stereocenters. The van der Waals surface area contributed by atoms with E-state index in [0.29, 0.717) is 12.1 Å². The van der Waals surface area contributed by atoms with Gasteiger partial charge >= 0.3 is 0 Å². The van der Waals surface area contributed by atoms with Crippen molar-refractivity contribution in [2.75, 3.05) is 7.11 Å². The maximum atomic E-state index is 6.00. The van der Waals surface area contributed by atoms with Crippen LogP contribution in [0.1, 0.15) is 45.4 Å². The average molecular weight is 185 g/mol. The first-order valence-corrected chi connectivity index (χ1v) is 5.50. The number of nitrogens with two attached hydrogens (primary N) is 1. The van der Waals surface area contributed by atoms with E-state index in [0.717, 1.165) is 18.8 Å². The molecule has 0 radical (unpaired) electrons. The Hall–Kier alpha value is -0.0800. The first-order chi connectivity index (χ1) is 6.22. The van der Waals surface area contributed by atoms with Crippen LogP contribution in [-0.4, -0.2) is 19.3 Å². The highest BCUT2D eigenvalue weighted by Gasteiger charge is 2.21. The maximum Gasteiger partial charge on any atom is 0.0543 e. The van der Waals surface area contributed by atoms with E-state index in [2.05, 4.69) is 6.92 Å². The predicted octanol–water partition coefficient (Wildman–Crippen LogP) is 2.32. The normalized spacial score (nSPS) is 21.5.